The number of nitrogens with one attached hydrogen (secondary N) is 1. The molecule has 3 N–H and O–H groups in total. The SMILES string of the molecule is Cc1nc(Nc2cnn(C)c2)nc(N)c1C(F)(F)F. The quantitative estimate of drug-likeness (QED) is 0.872. The van der Waals surface area contributed by atoms with Crippen molar-refractivity contribution in [3.63, 3.8) is 0 Å². The van der Waals surface area contributed by atoms with Crippen LogP contribution in [0.1, 0.15) is 11.3 Å². The van der Waals surface area contributed by atoms with Gasteiger partial charge in [0.25, 0.3) is 0 Å². The predicted molar refractivity (Wildman–Crippen MR) is 62.7 cm³/mol. The lowest BCUT2D eigenvalue weighted by molar-refractivity contribution is -0.137. The molecule has 9 heteroatoms. The topological polar surface area (TPSA) is 81.7 Å². The fourth-order valence-corrected chi connectivity index (χ4v) is 1.62. The van der Waals surface area contributed by atoms with Crippen LogP contribution in [0.5, 0.6) is 0 Å². The van der Waals surface area contributed by atoms with E-state index in [-0.39, 0.29) is 11.6 Å². The average molecular weight is 272 g/mol. The molecule has 102 valence electrons. The van der Waals surface area contributed by atoms with E-state index in [9.17, 15) is 13.2 Å². The number of rotatable bonds is 2. The number of aryl methyl sites for hydroxylation is 2. The molecule has 0 atom stereocenters. The maximum Gasteiger partial charge on any atom is 0.421 e. The van der Waals surface area contributed by atoms with E-state index >= 15 is 0 Å². The molecule has 0 aliphatic rings. The Balaban J connectivity index is 2.35. The lowest BCUT2D eigenvalue weighted by atomic mass is 10.2. The fourth-order valence-electron chi connectivity index (χ4n) is 1.62. The van der Waals surface area contributed by atoms with Crippen LogP contribution in [0.15, 0.2) is 12.4 Å². The molecule has 19 heavy (non-hydrogen) atoms. The molecule has 0 saturated heterocycles. The van der Waals surface area contributed by atoms with Crippen LogP contribution in [-0.2, 0) is 13.2 Å². The second kappa shape index (κ2) is 4.41. The summed E-state index contributed by atoms with van der Waals surface area (Å²) in [7, 11) is 1.71. The first-order chi connectivity index (χ1) is 8.77. The van der Waals surface area contributed by atoms with Crippen molar-refractivity contribution in [2.75, 3.05) is 11.1 Å². The number of hydrogen-bond donors (Lipinski definition) is 2. The van der Waals surface area contributed by atoms with E-state index in [0.717, 1.165) is 0 Å². The van der Waals surface area contributed by atoms with Gasteiger partial charge in [-0.1, -0.05) is 0 Å². The molecule has 0 aliphatic carbocycles. The highest BCUT2D eigenvalue weighted by Crippen LogP contribution is 2.35. The molecule has 2 aromatic rings. The van der Waals surface area contributed by atoms with E-state index in [2.05, 4.69) is 20.4 Å². The summed E-state index contributed by atoms with van der Waals surface area (Å²) in [6.45, 7) is 1.23. The summed E-state index contributed by atoms with van der Waals surface area (Å²) in [5.74, 6) is -0.609. The van der Waals surface area contributed by atoms with Crippen molar-refractivity contribution in [3.8, 4) is 0 Å². The van der Waals surface area contributed by atoms with Crippen molar-refractivity contribution in [1.82, 2.24) is 19.7 Å². The van der Waals surface area contributed by atoms with Crippen LogP contribution in [0.3, 0.4) is 0 Å². The van der Waals surface area contributed by atoms with Gasteiger partial charge < -0.3 is 11.1 Å². The molecular weight excluding hydrogens is 261 g/mol. The molecule has 0 unspecified atom stereocenters. The third-order valence-electron chi connectivity index (χ3n) is 2.36. The Morgan fingerprint density at radius 3 is 2.47 bits per heavy atom. The first-order valence-electron chi connectivity index (χ1n) is 5.24. The van der Waals surface area contributed by atoms with Gasteiger partial charge in [-0.15, -0.1) is 0 Å². The van der Waals surface area contributed by atoms with Crippen molar-refractivity contribution < 1.29 is 13.2 Å². The molecule has 0 radical (unpaired) electrons. The standard InChI is InChI=1S/C10H11F3N6/c1-5-7(10(11,12)13)8(14)18-9(16-5)17-6-3-15-19(2)4-6/h3-4H,1-2H3,(H3,14,16,17,18). The van der Waals surface area contributed by atoms with Gasteiger partial charge in [-0.05, 0) is 6.92 Å². The Kier molecular flexibility index (Phi) is 3.05. The Morgan fingerprint density at radius 2 is 2.00 bits per heavy atom. The van der Waals surface area contributed by atoms with E-state index in [1.54, 1.807) is 13.2 Å². The molecular formula is C10H11F3N6. The summed E-state index contributed by atoms with van der Waals surface area (Å²) in [5.41, 5.74) is 4.65. The number of nitrogens with two attached hydrogens (primary N) is 1. The van der Waals surface area contributed by atoms with Crippen molar-refractivity contribution in [2.24, 2.45) is 7.05 Å². The zero-order valence-electron chi connectivity index (χ0n) is 10.2. The summed E-state index contributed by atoms with van der Waals surface area (Å²) in [5, 5.41) is 6.63. The maximum atomic E-state index is 12.7. The molecule has 0 aliphatic heterocycles. The van der Waals surface area contributed by atoms with Gasteiger partial charge in [0.15, 0.2) is 0 Å². The van der Waals surface area contributed by atoms with Gasteiger partial charge in [0.2, 0.25) is 5.95 Å². The van der Waals surface area contributed by atoms with E-state index < -0.39 is 17.6 Å². The highest BCUT2D eigenvalue weighted by Gasteiger charge is 2.36. The molecule has 0 spiro atoms. The monoisotopic (exact) mass is 272 g/mol. The molecule has 0 bridgehead atoms. The van der Waals surface area contributed by atoms with E-state index in [0.29, 0.717) is 5.69 Å². The van der Waals surface area contributed by atoms with Crippen molar-refractivity contribution in [2.45, 2.75) is 13.1 Å². The summed E-state index contributed by atoms with van der Waals surface area (Å²) in [6.07, 6.45) is -1.44. The summed E-state index contributed by atoms with van der Waals surface area (Å²) >= 11 is 0. The average Bonchev–Trinajstić information content (AvgIpc) is 2.60. The highest BCUT2D eigenvalue weighted by atomic mass is 19.4. The van der Waals surface area contributed by atoms with Gasteiger partial charge in [-0.3, -0.25) is 4.68 Å². The predicted octanol–water partition coefficient (Wildman–Crippen LogP) is 1.86. The van der Waals surface area contributed by atoms with E-state index in [4.69, 9.17) is 5.73 Å². The minimum absolute atomic E-state index is 0.00370. The Bertz CT molecular complexity index is 581. The minimum atomic E-state index is -4.57. The summed E-state index contributed by atoms with van der Waals surface area (Å²) < 4.78 is 39.6. The van der Waals surface area contributed by atoms with Crippen molar-refractivity contribution in [3.05, 3.63) is 23.7 Å². The Labute approximate surface area is 106 Å². The fraction of sp³-hybridized carbons (Fsp3) is 0.300. The van der Waals surface area contributed by atoms with Crippen LogP contribution >= 0.6 is 0 Å². The number of halogens is 3. The van der Waals surface area contributed by atoms with Crippen LogP contribution in [0.25, 0.3) is 0 Å². The number of aromatic nitrogens is 4. The molecule has 0 saturated carbocycles. The first kappa shape index (κ1) is 13.1. The van der Waals surface area contributed by atoms with Gasteiger partial charge in [0, 0.05) is 13.2 Å². The number of nitrogen functional groups attached to an aromatic ring is 1. The van der Waals surface area contributed by atoms with E-state index in [1.165, 1.54) is 17.8 Å². The molecule has 6 nitrogen and oxygen atoms in total. The highest BCUT2D eigenvalue weighted by molar-refractivity contribution is 5.55. The van der Waals surface area contributed by atoms with Gasteiger partial charge >= 0.3 is 6.18 Å². The molecule has 0 amide bonds. The molecule has 2 rings (SSSR count). The Hall–Kier alpha value is -2.32. The third kappa shape index (κ3) is 2.75. The van der Waals surface area contributed by atoms with Gasteiger partial charge in [0.1, 0.15) is 11.4 Å². The van der Waals surface area contributed by atoms with Gasteiger partial charge in [-0.25, -0.2) is 4.98 Å². The van der Waals surface area contributed by atoms with Crippen LogP contribution in [0.2, 0.25) is 0 Å². The third-order valence-corrected chi connectivity index (χ3v) is 2.36. The van der Waals surface area contributed by atoms with Gasteiger partial charge in [-0.2, -0.15) is 23.3 Å². The number of alkyl halides is 3. The van der Waals surface area contributed by atoms with Crippen LogP contribution in [-0.4, -0.2) is 19.7 Å². The van der Waals surface area contributed by atoms with Crippen LogP contribution in [0, 0.1) is 6.92 Å². The second-order valence-corrected chi connectivity index (χ2v) is 3.92. The molecule has 2 heterocycles. The summed E-state index contributed by atoms with van der Waals surface area (Å²) in [4.78, 5) is 7.35. The normalized spacial score (nSPS) is 11.6. The molecule has 0 aromatic carbocycles. The summed E-state index contributed by atoms with van der Waals surface area (Å²) in [6, 6.07) is 0. The lowest BCUT2D eigenvalue weighted by Crippen LogP contribution is -2.15. The first-order valence-corrected chi connectivity index (χ1v) is 5.24. The zero-order valence-corrected chi connectivity index (χ0v) is 10.2. The van der Waals surface area contributed by atoms with Gasteiger partial charge in [0.05, 0.1) is 17.6 Å². The Morgan fingerprint density at radius 1 is 1.32 bits per heavy atom. The zero-order chi connectivity index (χ0) is 14.2. The molecule has 0 fully saturated rings. The second-order valence-electron chi connectivity index (χ2n) is 3.92. The van der Waals surface area contributed by atoms with Crippen molar-refractivity contribution >= 4 is 17.5 Å². The largest absolute Gasteiger partial charge is 0.421 e. The van der Waals surface area contributed by atoms with E-state index in [1.807, 2.05) is 0 Å². The smallest absolute Gasteiger partial charge is 0.383 e. The lowest BCUT2D eigenvalue weighted by Gasteiger charge is -2.13. The number of nitrogens with zero attached hydrogens (tertiary/aromatic N) is 4. The number of anilines is 3. The minimum Gasteiger partial charge on any atom is -0.383 e. The van der Waals surface area contributed by atoms with Crippen molar-refractivity contribution in [1.29, 1.82) is 0 Å². The number of hydrogen-bond acceptors (Lipinski definition) is 5. The maximum absolute atomic E-state index is 12.7. The van der Waals surface area contributed by atoms with Crippen LogP contribution < -0.4 is 11.1 Å². The molecule has 2 aromatic heterocycles. The van der Waals surface area contributed by atoms with Crippen LogP contribution in [0.4, 0.5) is 30.6 Å².